The summed E-state index contributed by atoms with van der Waals surface area (Å²) >= 11 is 0. The summed E-state index contributed by atoms with van der Waals surface area (Å²) in [6, 6.07) is -0.146. The number of rotatable bonds is 4. The second kappa shape index (κ2) is 7.07. The standard InChI is InChI=1S/C15H29N3O2/c1-6-15(4,5)16-14(20)12(2)17-8-7-9-18(11-10-17)13(3)19/h12H,6-11H2,1-5H3,(H,16,20). The molecule has 0 spiro atoms. The van der Waals surface area contributed by atoms with Gasteiger partial charge < -0.3 is 10.2 Å². The van der Waals surface area contributed by atoms with Crippen molar-refractivity contribution in [3.8, 4) is 0 Å². The first-order valence-corrected chi connectivity index (χ1v) is 7.58. The van der Waals surface area contributed by atoms with E-state index in [2.05, 4.69) is 17.1 Å². The summed E-state index contributed by atoms with van der Waals surface area (Å²) in [5.74, 6) is 0.198. The minimum Gasteiger partial charge on any atom is -0.350 e. The lowest BCUT2D eigenvalue weighted by atomic mass is 10.0. The minimum absolute atomic E-state index is 0.0770. The Labute approximate surface area is 122 Å². The maximum Gasteiger partial charge on any atom is 0.237 e. The predicted molar refractivity (Wildman–Crippen MR) is 80.4 cm³/mol. The molecule has 1 N–H and O–H groups in total. The summed E-state index contributed by atoms with van der Waals surface area (Å²) < 4.78 is 0. The molecule has 0 saturated carbocycles. The molecule has 0 bridgehead atoms. The molecular weight excluding hydrogens is 254 g/mol. The van der Waals surface area contributed by atoms with Crippen LogP contribution in [0.25, 0.3) is 0 Å². The molecule has 1 aliphatic rings. The number of carbonyl (C=O) groups is 2. The highest BCUT2D eigenvalue weighted by Crippen LogP contribution is 2.11. The SMILES string of the molecule is CCC(C)(C)NC(=O)C(C)N1CCCN(C(C)=O)CC1. The summed E-state index contributed by atoms with van der Waals surface area (Å²) in [5.41, 5.74) is -0.164. The Balaban J connectivity index is 2.57. The third-order valence-corrected chi connectivity index (χ3v) is 4.25. The van der Waals surface area contributed by atoms with Gasteiger partial charge in [0.05, 0.1) is 6.04 Å². The van der Waals surface area contributed by atoms with Crippen LogP contribution in [0.15, 0.2) is 0 Å². The largest absolute Gasteiger partial charge is 0.350 e. The Morgan fingerprint density at radius 2 is 1.85 bits per heavy atom. The van der Waals surface area contributed by atoms with Crippen molar-refractivity contribution in [2.45, 2.75) is 59.0 Å². The molecule has 0 radical (unpaired) electrons. The maximum atomic E-state index is 12.3. The van der Waals surface area contributed by atoms with Gasteiger partial charge in [-0.2, -0.15) is 0 Å². The van der Waals surface area contributed by atoms with Gasteiger partial charge in [-0.1, -0.05) is 6.92 Å². The van der Waals surface area contributed by atoms with E-state index in [1.54, 1.807) is 6.92 Å². The molecule has 5 heteroatoms. The van der Waals surface area contributed by atoms with Gasteiger partial charge in [-0.15, -0.1) is 0 Å². The maximum absolute atomic E-state index is 12.3. The Bertz CT molecular complexity index is 355. The highest BCUT2D eigenvalue weighted by atomic mass is 16.2. The molecule has 1 saturated heterocycles. The molecule has 1 heterocycles. The molecule has 0 aromatic rings. The fourth-order valence-corrected chi connectivity index (χ4v) is 2.33. The van der Waals surface area contributed by atoms with Gasteiger partial charge in [0.2, 0.25) is 11.8 Å². The zero-order chi connectivity index (χ0) is 15.3. The highest BCUT2D eigenvalue weighted by Gasteiger charge is 2.27. The van der Waals surface area contributed by atoms with Gasteiger partial charge in [-0.25, -0.2) is 0 Å². The molecule has 0 aliphatic carbocycles. The van der Waals surface area contributed by atoms with Crippen molar-refractivity contribution >= 4 is 11.8 Å². The third kappa shape index (κ3) is 4.78. The van der Waals surface area contributed by atoms with Crippen molar-refractivity contribution in [3.63, 3.8) is 0 Å². The van der Waals surface area contributed by atoms with Crippen LogP contribution in [0, 0.1) is 0 Å². The summed E-state index contributed by atoms with van der Waals surface area (Å²) in [7, 11) is 0. The van der Waals surface area contributed by atoms with Crippen molar-refractivity contribution in [3.05, 3.63) is 0 Å². The van der Waals surface area contributed by atoms with Crippen LogP contribution >= 0.6 is 0 Å². The zero-order valence-electron chi connectivity index (χ0n) is 13.5. The lowest BCUT2D eigenvalue weighted by Crippen LogP contribution is -2.52. The number of nitrogens with zero attached hydrogens (tertiary/aromatic N) is 2. The van der Waals surface area contributed by atoms with Gasteiger partial charge in [0.15, 0.2) is 0 Å². The Morgan fingerprint density at radius 3 is 2.40 bits per heavy atom. The van der Waals surface area contributed by atoms with Crippen molar-refractivity contribution in [2.24, 2.45) is 0 Å². The Kier molecular flexibility index (Phi) is 5.99. The van der Waals surface area contributed by atoms with E-state index in [1.165, 1.54) is 0 Å². The molecule has 116 valence electrons. The van der Waals surface area contributed by atoms with Crippen LogP contribution in [0.5, 0.6) is 0 Å². The predicted octanol–water partition coefficient (Wildman–Crippen LogP) is 1.23. The second-order valence-electron chi connectivity index (χ2n) is 6.30. The van der Waals surface area contributed by atoms with E-state index in [1.807, 2.05) is 25.7 Å². The number of amides is 2. The van der Waals surface area contributed by atoms with Gasteiger partial charge >= 0.3 is 0 Å². The van der Waals surface area contributed by atoms with Gasteiger partial charge in [-0.05, 0) is 33.6 Å². The van der Waals surface area contributed by atoms with Crippen LogP contribution in [0.3, 0.4) is 0 Å². The smallest absolute Gasteiger partial charge is 0.237 e. The molecule has 1 rings (SSSR count). The molecule has 1 unspecified atom stereocenters. The lowest BCUT2D eigenvalue weighted by molar-refractivity contribution is -0.128. The molecule has 5 nitrogen and oxygen atoms in total. The van der Waals surface area contributed by atoms with E-state index in [9.17, 15) is 9.59 Å². The second-order valence-corrected chi connectivity index (χ2v) is 6.30. The quantitative estimate of drug-likeness (QED) is 0.844. The minimum atomic E-state index is -0.164. The van der Waals surface area contributed by atoms with Crippen LogP contribution in [0.1, 0.15) is 47.5 Å². The average Bonchev–Trinajstić information content (AvgIpc) is 2.63. The van der Waals surface area contributed by atoms with E-state index < -0.39 is 0 Å². The van der Waals surface area contributed by atoms with Crippen molar-refractivity contribution in [1.29, 1.82) is 0 Å². The molecular formula is C15H29N3O2. The first-order valence-electron chi connectivity index (χ1n) is 7.58. The zero-order valence-corrected chi connectivity index (χ0v) is 13.5. The van der Waals surface area contributed by atoms with E-state index in [-0.39, 0.29) is 23.4 Å². The van der Waals surface area contributed by atoms with Crippen LogP contribution in [0.4, 0.5) is 0 Å². The van der Waals surface area contributed by atoms with Crippen LogP contribution < -0.4 is 5.32 Å². The summed E-state index contributed by atoms with van der Waals surface area (Å²) in [6.07, 6.45) is 1.83. The molecule has 1 fully saturated rings. The summed E-state index contributed by atoms with van der Waals surface area (Å²) in [4.78, 5) is 27.8. The average molecular weight is 283 g/mol. The fraction of sp³-hybridized carbons (Fsp3) is 0.867. The monoisotopic (exact) mass is 283 g/mol. The van der Waals surface area contributed by atoms with E-state index >= 15 is 0 Å². The van der Waals surface area contributed by atoms with Gasteiger partial charge in [0.25, 0.3) is 0 Å². The number of nitrogens with one attached hydrogen (secondary N) is 1. The Morgan fingerprint density at radius 1 is 1.20 bits per heavy atom. The molecule has 1 atom stereocenters. The summed E-state index contributed by atoms with van der Waals surface area (Å²) in [6.45, 7) is 12.8. The van der Waals surface area contributed by atoms with Crippen LogP contribution in [0.2, 0.25) is 0 Å². The van der Waals surface area contributed by atoms with Gasteiger partial charge in [0, 0.05) is 38.6 Å². The van der Waals surface area contributed by atoms with Crippen LogP contribution in [-0.4, -0.2) is 59.4 Å². The van der Waals surface area contributed by atoms with Gasteiger partial charge in [0.1, 0.15) is 0 Å². The highest BCUT2D eigenvalue weighted by molar-refractivity contribution is 5.82. The van der Waals surface area contributed by atoms with Crippen molar-refractivity contribution in [1.82, 2.24) is 15.1 Å². The van der Waals surface area contributed by atoms with Crippen molar-refractivity contribution in [2.75, 3.05) is 26.2 Å². The van der Waals surface area contributed by atoms with Gasteiger partial charge in [-0.3, -0.25) is 14.5 Å². The molecule has 0 aromatic carbocycles. The number of hydrogen-bond donors (Lipinski definition) is 1. The first-order chi connectivity index (χ1) is 9.26. The number of carbonyl (C=O) groups excluding carboxylic acids is 2. The first kappa shape index (κ1) is 17.0. The molecule has 1 aliphatic heterocycles. The fourth-order valence-electron chi connectivity index (χ4n) is 2.33. The normalized spacial score (nSPS) is 19.4. The molecule has 2 amide bonds. The van der Waals surface area contributed by atoms with E-state index in [0.29, 0.717) is 6.54 Å². The Hall–Kier alpha value is -1.10. The molecule has 0 aromatic heterocycles. The van der Waals surface area contributed by atoms with E-state index in [4.69, 9.17) is 0 Å². The number of hydrogen-bond acceptors (Lipinski definition) is 3. The van der Waals surface area contributed by atoms with Crippen molar-refractivity contribution < 1.29 is 9.59 Å². The molecule has 20 heavy (non-hydrogen) atoms. The van der Waals surface area contributed by atoms with E-state index in [0.717, 1.165) is 32.5 Å². The lowest BCUT2D eigenvalue weighted by Gasteiger charge is -2.31. The summed E-state index contributed by atoms with van der Waals surface area (Å²) in [5, 5.41) is 3.10. The van der Waals surface area contributed by atoms with Crippen LogP contribution in [-0.2, 0) is 9.59 Å². The topological polar surface area (TPSA) is 52.7 Å². The third-order valence-electron chi connectivity index (χ3n) is 4.25.